The van der Waals surface area contributed by atoms with Crippen LogP contribution in [0, 0.1) is 5.92 Å². The third-order valence-corrected chi connectivity index (χ3v) is 4.08. The minimum Gasteiger partial charge on any atom is -0.356 e. The highest BCUT2D eigenvalue weighted by atomic mass is 32.1. The first-order valence-corrected chi connectivity index (χ1v) is 8.25. The lowest BCUT2D eigenvalue weighted by molar-refractivity contribution is -0.120. The van der Waals surface area contributed by atoms with E-state index in [1.54, 1.807) is 11.3 Å². The summed E-state index contributed by atoms with van der Waals surface area (Å²) >= 11 is 1.64. The van der Waals surface area contributed by atoms with Crippen LogP contribution >= 0.6 is 11.3 Å². The average Bonchev–Trinajstić information content (AvgIpc) is 2.91. The van der Waals surface area contributed by atoms with Crippen LogP contribution in [0.4, 0.5) is 0 Å². The first kappa shape index (κ1) is 15.7. The SMILES string of the molecule is CC(C)CNC(=O)Cc1csc(CCc2ccccc2)n1. The molecule has 0 saturated carbocycles. The summed E-state index contributed by atoms with van der Waals surface area (Å²) in [5, 5.41) is 6.02. The van der Waals surface area contributed by atoms with E-state index in [9.17, 15) is 4.79 Å². The van der Waals surface area contributed by atoms with Gasteiger partial charge in [0.2, 0.25) is 5.91 Å². The second-order valence-electron chi connectivity index (χ2n) is 5.59. The molecule has 0 saturated heterocycles. The maximum absolute atomic E-state index is 11.8. The van der Waals surface area contributed by atoms with E-state index in [1.165, 1.54) is 5.56 Å². The van der Waals surface area contributed by atoms with Gasteiger partial charge in [0.15, 0.2) is 0 Å². The molecule has 0 atom stereocenters. The highest BCUT2D eigenvalue weighted by molar-refractivity contribution is 7.09. The first-order valence-electron chi connectivity index (χ1n) is 7.37. The molecule has 0 bridgehead atoms. The summed E-state index contributed by atoms with van der Waals surface area (Å²) < 4.78 is 0. The van der Waals surface area contributed by atoms with Crippen LogP contribution < -0.4 is 5.32 Å². The standard InChI is InChI=1S/C17H22N2OS/c1-13(2)11-18-16(20)10-15-12-21-17(19-15)9-8-14-6-4-3-5-7-14/h3-7,12-13H,8-11H2,1-2H3,(H,18,20). The number of hydrogen-bond donors (Lipinski definition) is 1. The van der Waals surface area contributed by atoms with Gasteiger partial charge in [-0.25, -0.2) is 4.98 Å². The van der Waals surface area contributed by atoms with E-state index < -0.39 is 0 Å². The van der Waals surface area contributed by atoms with Crippen molar-refractivity contribution >= 4 is 17.2 Å². The Kier molecular flexibility index (Phi) is 5.93. The molecule has 3 nitrogen and oxygen atoms in total. The molecule has 1 heterocycles. The lowest BCUT2D eigenvalue weighted by Gasteiger charge is -2.06. The van der Waals surface area contributed by atoms with Crippen molar-refractivity contribution in [2.45, 2.75) is 33.1 Å². The van der Waals surface area contributed by atoms with Crippen molar-refractivity contribution in [3.63, 3.8) is 0 Å². The van der Waals surface area contributed by atoms with E-state index in [-0.39, 0.29) is 5.91 Å². The number of nitrogens with zero attached hydrogens (tertiary/aromatic N) is 1. The fraction of sp³-hybridized carbons (Fsp3) is 0.412. The molecule has 1 aromatic heterocycles. The summed E-state index contributed by atoms with van der Waals surface area (Å²) in [6, 6.07) is 10.4. The minimum atomic E-state index is 0.0589. The smallest absolute Gasteiger partial charge is 0.226 e. The van der Waals surface area contributed by atoms with Crippen LogP contribution in [0.3, 0.4) is 0 Å². The first-order chi connectivity index (χ1) is 10.1. The Bertz CT molecular complexity index is 563. The Hall–Kier alpha value is -1.68. The number of carbonyl (C=O) groups is 1. The van der Waals surface area contributed by atoms with Crippen molar-refractivity contribution < 1.29 is 4.79 Å². The van der Waals surface area contributed by atoms with Gasteiger partial charge < -0.3 is 5.32 Å². The molecular weight excluding hydrogens is 280 g/mol. The Labute approximate surface area is 130 Å². The van der Waals surface area contributed by atoms with E-state index in [4.69, 9.17) is 0 Å². The van der Waals surface area contributed by atoms with Gasteiger partial charge in [-0.1, -0.05) is 44.2 Å². The fourth-order valence-corrected chi connectivity index (χ4v) is 2.78. The molecule has 1 N–H and O–H groups in total. The predicted octanol–water partition coefficient (Wildman–Crippen LogP) is 3.24. The maximum Gasteiger partial charge on any atom is 0.226 e. The van der Waals surface area contributed by atoms with Crippen molar-refractivity contribution in [1.82, 2.24) is 10.3 Å². The van der Waals surface area contributed by atoms with E-state index in [1.807, 2.05) is 11.4 Å². The normalized spacial score (nSPS) is 10.8. The molecule has 0 aliphatic rings. The summed E-state index contributed by atoms with van der Waals surface area (Å²) in [7, 11) is 0. The van der Waals surface area contributed by atoms with Gasteiger partial charge in [-0.2, -0.15) is 0 Å². The minimum absolute atomic E-state index is 0.0589. The van der Waals surface area contributed by atoms with Gasteiger partial charge in [0.05, 0.1) is 17.1 Å². The van der Waals surface area contributed by atoms with Gasteiger partial charge in [-0.05, 0) is 17.9 Å². The molecule has 4 heteroatoms. The molecule has 0 aliphatic heterocycles. The molecule has 0 spiro atoms. The topological polar surface area (TPSA) is 42.0 Å². The molecule has 1 aromatic carbocycles. The summed E-state index contributed by atoms with van der Waals surface area (Å²) in [6.07, 6.45) is 2.31. The number of thiazole rings is 1. The summed E-state index contributed by atoms with van der Waals surface area (Å²) in [6.45, 7) is 4.90. The number of hydrogen-bond acceptors (Lipinski definition) is 3. The lowest BCUT2D eigenvalue weighted by atomic mass is 10.1. The fourth-order valence-electron chi connectivity index (χ4n) is 1.99. The molecule has 2 aromatic rings. The molecule has 1 amide bonds. The second kappa shape index (κ2) is 7.93. The van der Waals surface area contributed by atoms with Crippen LogP contribution in [0.15, 0.2) is 35.7 Å². The van der Waals surface area contributed by atoms with Gasteiger partial charge in [-0.15, -0.1) is 11.3 Å². The zero-order valence-corrected chi connectivity index (χ0v) is 13.5. The predicted molar refractivity (Wildman–Crippen MR) is 87.5 cm³/mol. The highest BCUT2D eigenvalue weighted by Gasteiger charge is 2.08. The van der Waals surface area contributed by atoms with E-state index in [2.05, 4.69) is 48.4 Å². The molecule has 0 radical (unpaired) electrons. The van der Waals surface area contributed by atoms with Crippen molar-refractivity contribution in [2.75, 3.05) is 6.54 Å². The van der Waals surface area contributed by atoms with Gasteiger partial charge in [0, 0.05) is 18.3 Å². The third-order valence-electron chi connectivity index (χ3n) is 3.12. The Morgan fingerprint density at radius 2 is 2.00 bits per heavy atom. The Morgan fingerprint density at radius 1 is 1.24 bits per heavy atom. The summed E-state index contributed by atoms with van der Waals surface area (Å²) in [4.78, 5) is 16.3. The molecule has 21 heavy (non-hydrogen) atoms. The van der Waals surface area contributed by atoms with Crippen LogP contribution in [0.25, 0.3) is 0 Å². The number of carbonyl (C=O) groups excluding carboxylic acids is 1. The lowest BCUT2D eigenvalue weighted by Crippen LogP contribution is -2.28. The third kappa shape index (κ3) is 5.68. The summed E-state index contributed by atoms with van der Waals surface area (Å²) in [5.41, 5.74) is 2.20. The van der Waals surface area contributed by atoms with E-state index >= 15 is 0 Å². The number of nitrogens with one attached hydrogen (secondary N) is 1. The Morgan fingerprint density at radius 3 is 2.71 bits per heavy atom. The number of rotatable bonds is 7. The highest BCUT2D eigenvalue weighted by Crippen LogP contribution is 2.13. The Balaban J connectivity index is 1.80. The van der Waals surface area contributed by atoms with Crippen molar-refractivity contribution in [3.05, 3.63) is 52.0 Å². The van der Waals surface area contributed by atoms with Gasteiger partial charge in [0.1, 0.15) is 0 Å². The van der Waals surface area contributed by atoms with Gasteiger partial charge in [-0.3, -0.25) is 4.79 Å². The van der Waals surface area contributed by atoms with Gasteiger partial charge in [0.25, 0.3) is 0 Å². The van der Waals surface area contributed by atoms with Crippen LogP contribution in [0.5, 0.6) is 0 Å². The number of benzene rings is 1. The summed E-state index contributed by atoms with van der Waals surface area (Å²) in [5.74, 6) is 0.537. The monoisotopic (exact) mass is 302 g/mol. The van der Waals surface area contributed by atoms with Crippen molar-refractivity contribution in [3.8, 4) is 0 Å². The van der Waals surface area contributed by atoms with Crippen LogP contribution in [0.2, 0.25) is 0 Å². The molecule has 0 aliphatic carbocycles. The van der Waals surface area contributed by atoms with Crippen molar-refractivity contribution in [2.24, 2.45) is 5.92 Å². The molecule has 112 valence electrons. The zero-order chi connectivity index (χ0) is 15.1. The molecule has 0 fully saturated rings. The second-order valence-corrected chi connectivity index (χ2v) is 6.54. The molecular formula is C17H22N2OS. The number of amides is 1. The largest absolute Gasteiger partial charge is 0.356 e. The van der Waals surface area contributed by atoms with Crippen LogP contribution in [0.1, 0.15) is 30.1 Å². The number of aryl methyl sites for hydroxylation is 2. The van der Waals surface area contributed by atoms with Gasteiger partial charge >= 0.3 is 0 Å². The molecule has 0 unspecified atom stereocenters. The van der Waals surface area contributed by atoms with Crippen molar-refractivity contribution in [1.29, 1.82) is 0 Å². The zero-order valence-electron chi connectivity index (χ0n) is 12.6. The average molecular weight is 302 g/mol. The van der Waals surface area contributed by atoms with E-state index in [0.717, 1.165) is 30.1 Å². The van der Waals surface area contributed by atoms with Crippen LogP contribution in [-0.2, 0) is 24.1 Å². The molecule has 2 rings (SSSR count). The maximum atomic E-state index is 11.8. The number of aromatic nitrogens is 1. The van der Waals surface area contributed by atoms with E-state index in [0.29, 0.717) is 12.3 Å². The quantitative estimate of drug-likeness (QED) is 0.853. The van der Waals surface area contributed by atoms with Crippen LogP contribution in [-0.4, -0.2) is 17.4 Å².